The lowest BCUT2D eigenvalue weighted by Gasteiger charge is -2.08. The van der Waals surface area contributed by atoms with Gasteiger partial charge in [-0.25, -0.2) is 0 Å². The van der Waals surface area contributed by atoms with Crippen LogP contribution in [0.25, 0.3) is 0 Å². The van der Waals surface area contributed by atoms with Gasteiger partial charge in [0.15, 0.2) is 0 Å². The minimum absolute atomic E-state index is 0.805. The van der Waals surface area contributed by atoms with Gasteiger partial charge in [-0.05, 0) is 44.0 Å². The number of rotatable bonds is 11. The van der Waals surface area contributed by atoms with E-state index >= 15 is 0 Å². The lowest BCUT2D eigenvalue weighted by molar-refractivity contribution is 0.144. The first-order valence-electron chi connectivity index (χ1n) is 7.37. The summed E-state index contributed by atoms with van der Waals surface area (Å²) in [4.78, 5) is 0. The van der Waals surface area contributed by atoms with Crippen LogP contribution in [0.1, 0.15) is 38.7 Å². The fourth-order valence-electron chi connectivity index (χ4n) is 1.71. The van der Waals surface area contributed by atoms with E-state index in [1.54, 1.807) is 0 Å². The molecule has 0 amide bonds. The van der Waals surface area contributed by atoms with Gasteiger partial charge < -0.3 is 14.8 Å². The molecule has 0 heterocycles. The largest absolute Gasteiger partial charge is 0.494 e. The molecule has 0 aliphatic rings. The quantitative estimate of drug-likeness (QED) is 0.622. The molecule has 3 heteroatoms. The third-order valence-corrected chi connectivity index (χ3v) is 2.87. The lowest BCUT2D eigenvalue weighted by Crippen LogP contribution is -2.16. The van der Waals surface area contributed by atoms with Gasteiger partial charge in [0, 0.05) is 19.8 Å². The Hall–Kier alpha value is -1.06. The number of ether oxygens (including phenoxy) is 2. The molecule has 0 fully saturated rings. The van der Waals surface area contributed by atoms with E-state index in [-0.39, 0.29) is 0 Å². The Balaban J connectivity index is 2.13. The van der Waals surface area contributed by atoms with Crippen molar-refractivity contribution in [2.75, 3.05) is 26.4 Å². The Kier molecular flexibility index (Phi) is 9.11. The maximum Gasteiger partial charge on any atom is 0.119 e. The first-order chi connectivity index (χ1) is 9.36. The van der Waals surface area contributed by atoms with Crippen LogP contribution in [-0.4, -0.2) is 26.4 Å². The van der Waals surface area contributed by atoms with E-state index in [1.165, 1.54) is 12.0 Å². The third-order valence-electron chi connectivity index (χ3n) is 2.87. The van der Waals surface area contributed by atoms with Crippen LogP contribution in [0.4, 0.5) is 0 Å². The normalized spacial score (nSPS) is 10.6. The minimum atomic E-state index is 0.805. The van der Waals surface area contributed by atoms with Crippen LogP contribution in [0, 0.1) is 0 Å². The van der Waals surface area contributed by atoms with Crippen molar-refractivity contribution < 1.29 is 9.47 Å². The minimum Gasteiger partial charge on any atom is -0.494 e. The first-order valence-corrected chi connectivity index (χ1v) is 7.37. The number of unbranched alkanes of at least 4 members (excludes halogenated alkanes) is 1. The second-order valence-corrected chi connectivity index (χ2v) is 4.57. The molecule has 0 aliphatic heterocycles. The topological polar surface area (TPSA) is 30.5 Å². The van der Waals surface area contributed by atoms with Crippen molar-refractivity contribution in [1.29, 1.82) is 0 Å². The second-order valence-electron chi connectivity index (χ2n) is 4.57. The molecule has 3 nitrogen and oxygen atoms in total. The first kappa shape index (κ1) is 16.0. The summed E-state index contributed by atoms with van der Waals surface area (Å²) in [5, 5.41) is 3.41. The SMILES string of the molecule is CCCCOc1ccc(CNCCCOCC)cc1. The molecule has 0 unspecified atom stereocenters. The van der Waals surface area contributed by atoms with Crippen LogP contribution in [0.15, 0.2) is 24.3 Å². The smallest absolute Gasteiger partial charge is 0.119 e. The zero-order valence-corrected chi connectivity index (χ0v) is 12.3. The predicted molar refractivity (Wildman–Crippen MR) is 79.7 cm³/mol. The predicted octanol–water partition coefficient (Wildman–Crippen LogP) is 3.38. The van der Waals surface area contributed by atoms with Crippen molar-refractivity contribution in [3.63, 3.8) is 0 Å². The molecule has 0 bridgehead atoms. The number of benzene rings is 1. The summed E-state index contributed by atoms with van der Waals surface area (Å²) in [6, 6.07) is 8.34. The summed E-state index contributed by atoms with van der Waals surface area (Å²) in [7, 11) is 0. The summed E-state index contributed by atoms with van der Waals surface area (Å²) >= 11 is 0. The standard InChI is InChI=1S/C16H27NO2/c1-3-5-13-19-16-9-7-15(8-10-16)14-17-11-6-12-18-4-2/h7-10,17H,3-6,11-14H2,1-2H3. The Morgan fingerprint density at radius 2 is 1.79 bits per heavy atom. The second kappa shape index (κ2) is 10.8. The summed E-state index contributed by atoms with van der Waals surface area (Å²) in [6.07, 6.45) is 3.35. The van der Waals surface area contributed by atoms with Crippen LogP contribution >= 0.6 is 0 Å². The van der Waals surface area contributed by atoms with Crippen molar-refractivity contribution in [2.45, 2.75) is 39.7 Å². The highest BCUT2D eigenvalue weighted by Gasteiger charge is 1.96. The molecule has 19 heavy (non-hydrogen) atoms. The number of nitrogens with one attached hydrogen (secondary N) is 1. The van der Waals surface area contributed by atoms with Crippen LogP contribution in [0.2, 0.25) is 0 Å². The molecular formula is C16H27NO2. The summed E-state index contributed by atoms with van der Waals surface area (Å²) in [5.74, 6) is 0.966. The highest BCUT2D eigenvalue weighted by Crippen LogP contribution is 2.12. The van der Waals surface area contributed by atoms with E-state index in [4.69, 9.17) is 9.47 Å². The number of hydrogen-bond donors (Lipinski definition) is 1. The summed E-state index contributed by atoms with van der Waals surface area (Å²) < 4.78 is 10.9. The Bertz CT molecular complexity index is 311. The molecule has 1 aromatic rings. The molecule has 1 rings (SSSR count). The van der Waals surface area contributed by atoms with Gasteiger partial charge in [-0.2, -0.15) is 0 Å². The van der Waals surface area contributed by atoms with Gasteiger partial charge in [0.1, 0.15) is 5.75 Å². The molecule has 1 N–H and O–H groups in total. The zero-order valence-electron chi connectivity index (χ0n) is 12.3. The van der Waals surface area contributed by atoms with Crippen molar-refractivity contribution in [3.05, 3.63) is 29.8 Å². The van der Waals surface area contributed by atoms with Gasteiger partial charge in [0.2, 0.25) is 0 Å². The molecule has 108 valence electrons. The van der Waals surface area contributed by atoms with E-state index in [1.807, 2.05) is 19.1 Å². The van der Waals surface area contributed by atoms with Crippen LogP contribution in [0.3, 0.4) is 0 Å². The maximum absolute atomic E-state index is 5.63. The summed E-state index contributed by atoms with van der Waals surface area (Å²) in [5.41, 5.74) is 1.29. The molecule has 0 saturated carbocycles. The van der Waals surface area contributed by atoms with E-state index in [9.17, 15) is 0 Å². The van der Waals surface area contributed by atoms with Crippen molar-refractivity contribution in [3.8, 4) is 5.75 Å². The van der Waals surface area contributed by atoms with Gasteiger partial charge in [-0.3, -0.25) is 0 Å². The van der Waals surface area contributed by atoms with Crippen molar-refractivity contribution >= 4 is 0 Å². The average molecular weight is 265 g/mol. The Morgan fingerprint density at radius 3 is 2.47 bits per heavy atom. The lowest BCUT2D eigenvalue weighted by atomic mass is 10.2. The third kappa shape index (κ3) is 7.85. The average Bonchev–Trinajstić information content (AvgIpc) is 2.44. The Morgan fingerprint density at radius 1 is 1.00 bits per heavy atom. The molecule has 0 atom stereocenters. The van der Waals surface area contributed by atoms with Crippen LogP contribution in [0.5, 0.6) is 5.75 Å². The highest BCUT2D eigenvalue weighted by atomic mass is 16.5. The molecular weight excluding hydrogens is 238 g/mol. The van der Waals surface area contributed by atoms with E-state index in [0.29, 0.717) is 0 Å². The van der Waals surface area contributed by atoms with Gasteiger partial charge in [-0.15, -0.1) is 0 Å². The van der Waals surface area contributed by atoms with E-state index < -0.39 is 0 Å². The fourth-order valence-corrected chi connectivity index (χ4v) is 1.71. The highest BCUT2D eigenvalue weighted by molar-refractivity contribution is 5.27. The van der Waals surface area contributed by atoms with Crippen LogP contribution < -0.4 is 10.1 Å². The maximum atomic E-state index is 5.63. The van der Waals surface area contributed by atoms with Gasteiger partial charge in [0.25, 0.3) is 0 Å². The van der Waals surface area contributed by atoms with Crippen molar-refractivity contribution in [1.82, 2.24) is 5.32 Å². The van der Waals surface area contributed by atoms with Crippen LogP contribution in [-0.2, 0) is 11.3 Å². The molecule has 0 aromatic heterocycles. The van der Waals surface area contributed by atoms with E-state index in [2.05, 4.69) is 24.4 Å². The van der Waals surface area contributed by atoms with Gasteiger partial charge in [-0.1, -0.05) is 25.5 Å². The Labute approximate surface area is 117 Å². The molecule has 0 aliphatic carbocycles. The molecule has 0 radical (unpaired) electrons. The molecule has 0 spiro atoms. The monoisotopic (exact) mass is 265 g/mol. The van der Waals surface area contributed by atoms with Gasteiger partial charge >= 0.3 is 0 Å². The van der Waals surface area contributed by atoms with Crippen molar-refractivity contribution in [2.24, 2.45) is 0 Å². The fraction of sp³-hybridized carbons (Fsp3) is 0.625. The molecule has 0 saturated heterocycles. The van der Waals surface area contributed by atoms with E-state index in [0.717, 1.165) is 51.5 Å². The summed E-state index contributed by atoms with van der Waals surface area (Å²) in [6.45, 7) is 8.55. The number of hydrogen-bond acceptors (Lipinski definition) is 3. The molecule has 1 aromatic carbocycles. The van der Waals surface area contributed by atoms with Gasteiger partial charge in [0.05, 0.1) is 6.61 Å². The zero-order chi connectivity index (χ0) is 13.8.